The summed E-state index contributed by atoms with van der Waals surface area (Å²) in [6.07, 6.45) is 11.2. The summed E-state index contributed by atoms with van der Waals surface area (Å²) >= 11 is 0. The first-order chi connectivity index (χ1) is 9.88. The zero-order valence-electron chi connectivity index (χ0n) is 11.7. The van der Waals surface area contributed by atoms with Gasteiger partial charge in [0.15, 0.2) is 0 Å². The first-order valence-electron chi connectivity index (χ1n) is 7.64. The van der Waals surface area contributed by atoms with Gasteiger partial charge in [-0.1, -0.05) is 0 Å². The highest BCUT2D eigenvalue weighted by atomic mass is 15.2. The standard InChI is InChI=1S/C15H21N5/c1-3-12(16-6-1)9-20(14-4-5-14)11-13-10-19-8-2-7-17-15(19)18-13/h2,7-8,10,12,14,16H,1,3-6,9,11H2. The molecule has 0 amide bonds. The second-order valence-corrected chi connectivity index (χ2v) is 6.01. The van der Waals surface area contributed by atoms with Crippen molar-refractivity contribution in [1.82, 2.24) is 24.6 Å². The summed E-state index contributed by atoms with van der Waals surface area (Å²) in [4.78, 5) is 11.5. The Morgan fingerprint density at radius 1 is 1.35 bits per heavy atom. The van der Waals surface area contributed by atoms with Gasteiger partial charge < -0.3 is 5.32 Å². The molecule has 2 fully saturated rings. The van der Waals surface area contributed by atoms with Crippen LogP contribution in [0.25, 0.3) is 5.78 Å². The molecule has 2 aromatic rings. The molecule has 3 heterocycles. The maximum absolute atomic E-state index is 4.63. The zero-order valence-corrected chi connectivity index (χ0v) is 11.7. The van der Waals surface area contributed by atoms with Crippen LogP contribution in [0.4, 0.5) is 0 Å². The fourth-order valence-electron chi connectivity index (χ4n) is 3.14. The Bertz CT molecular complexity index is 550. The van der Waals surface area contributed by atoms with Crippen LogP contribution in [-0.2, 0) is 6.54 Å². The van der Waals surface area contributed by atoms with Gasteiger partial charge in [-0.05, 0) is 38.3 Å². The minimum atomic E-state index is 0.672. The van der Waals surface area contributed by atoms with Gasteiger partial charge in [0.05, 0.1) is 5.69 Å². The second-order valence-electron chi connectivity index (χ2n) is 6.01. The lowest BCUT2D eigenvalue weighted by Crippen LogP contribution is -2.38. The molecule has 0 spiro atoms. The fraction of sp³-hybridized carbons (Fsp3) is 0.600. The Morgan fingerprint density at radius 2 is 2.30 bits per heavy atom. The molecule has 5 nitrogen and oxygen atoms in total. The summed E-state index contributed by atoms with van der Waals surface area (Å²) in [5.74, 6) is 0.803. The first-order valence-corrected chi connectivity index (χ1v) is 7.64. The van der Waals surface area contributed by atoms with E-state index in [9.17, 15) is 0 Å². The third-order valence-corrected chi connectivity index (χ3v) is 4.33. The number of aromatic nitrogens is 3. The van der Waals surface area contributed by atoms with Gasteiger partial charge in [-0.2, -0.15) is 0 Å². The van der Waals surface area contributed by atoms with Crippen molar-refractivity contribution in [2.75, 3.05) is 13.1 Å². The van der Waals surface area contributed by atoms with Crippen molar-refractivity contribution in [3.05, 3.63) is 30.4 Å². The van der Waals surface area contributed by atoms with Gasteiger partial charge in [0, 0.05) is 43.8 Å². The number of nitrogens with zero attached hydrogens (tertiary/aromatic N) is 4. The van der Waals surface area contributed by atoms with Gasteiger partial charge in [-0.15, -0.1) is 0 Å². The SMILES string of the molecule is c1cnc2nc(CN(CC3CCCN3)C3CC3)cn2c1. The zero-order chi connectivity index (χ0) is 13.4. The van der Waals surface area contributed by atoms with Crippen molar-refractivity contribution in [3.63, 3.8) is 0 Å². The van der Waals surface area contributed by atoms with Gasteiger partial charge >= 0.3 is 0 Å². The normalized spacial score (nSPS) is 22.9. The van der Waals surface area contributed by atoms with Crippen molar-refractivity contribution in [2.24, 2.45) is 0 Å². The van der Waals surface area contributed by atoms with Crippen LogP contribution in [0.1, 0.15) is 31.4 Å². The molecule has 0 aromatic carbocycles. The van der Waals surface area contributed by atoms with Gasteiger partial charge in [0.2, 0.25) is 5.78 Å². The third kappa shape index (κ3) is 2.55. The van der Waals surface area contributed by atoms with E-state index in [1.807, 2.05) is 16.7 Å². The Kier molecular flexibility index (Phi) is 3.16. The van der Waals surface area contributed by atoms with Crippen molar-refractivity contribution in [3.8, 4) is 0 Å². The van der Waals surface area contributed by atoms with E-state index >= 15 is 0 Å². The van der Waals surface area contributed by atoms with Crippen molar-refractivity contribution < 1.29 is 0 Å². The van der Waals surface area contributed by atoms with Crippen molar-refractivity contribution in [2.45, 2.75) is 44.3 Å². The predicted octanol–water partition coefficient (Wildman–Crippen LogP) is 1.45. The lowest BCUT2D eigenvalue weighted by molar-refractivity contribution is 0.229. The topological polar surface area (TPSA) is 45.5 Å². The summed E-state index contributed by atoms with van der Waals surface area (Å²) < 4.78 is 2.01. The molecular weight excluding hydrogens is 250 g/mol. The quantitative estimate of drug-likeness (QED) is 0.894. The van der Waals surface area contributed by atoms with Crippen LogP contribution in [0.5, 0.6) is 0 Å². The largest absolute Gasteiger partial charge is 0.313 e. The van der Waals surface area contributed by atoms with Crippen molar-refractivity contribution in [1.29, 1.82) is 0 Å². The molecule has 1 saturated carbocycles. The van der Waals surface area contributed by atoms with E-state index in [1.54, 1.807) is 6.20 Å². The molecule has 1 aliphatic heterocycles. The van der Waals surface area contributed by atoms with E-state index in [-0.39, 0.29) is 0 Å². The highest BCUT2D eigenvalue weighted by molar-refractivity contribution is 5.29. The molecule has 1 saturated heterocycles. The second kappa shape index (κ2) is 5.14. The minimum Gasteiger partial charge on any atom is -0.313 e. The van der Waals surface area contributed by atoms with Crippen LogP contribution in [0.3, 0.4) is 0 Å². The smallest absolute Gasteiger partial charge is 0.233 e. The van der Waals surface area contributed by atoms with E-state index in [4.69, 9.17) is 0 Å². The van der Waals surface area contributed by atoms with E-state index in [0.29, 0.717) is 6.04 Å². The number of hydrogen-bond donors (Lipinski definition) is 1. The monoisotopic (exact) mass is 271 g/mol. The Balaban J connectivity index is 1.49. The Morgan fingerprint density at radius 3 is 3.05 bits per heavy atom. The lowest BCUT2D eigenvalue weighted by Gasteiger charge is -2.24. The van der Waals surface area contributed by atoms with Gasteiger partial charge in [0.1, 0.15) is 0 Å². The number of fused-ring (bicyclic) bond motifs is 1. The lowest BCUT2D eigenvalue weighted by atomic mass is 10.2. The van der Waals surface area contributed by atoms with E-state index in [1.165, 1.54) is 32.2 Å². The number of nitrogens with one attached hydrogen (secondary N) is 1. The third-order valence-electron chi connectivity index (χ3n) is 4.33. The molecule has 0 bridgehead atoms. The maximum Gasteiger partial charge on any atom is 0.233 e. The summed E-state index contributed by atoms with van der Waals surface area (Å²) in [5.41, 5.74) is 1.13. The highest BCUT2D eigenvalue weighted by Gasteiger charge is 2.31. The maximum atomic E-state index is 4.63. The van der Waals surface area contributed by atoms with Gasteiger partial charge in [-0.25, -0.2) is 9.97 Å². The average Bonchev–Trinajstić information content (AvgIpc) is 3.03. The molecule has 20 heavy (non-hydrogen) atoms. The molecule has 0 radical (unpaired) electrons. The predicted molar refractivity (Wildman–Crippen MR) is 77.4 cm³/mol. The number of imidazole rings is 1. The molecule has 1 aliphatic carbocycles. The minimum absolute atomic E-state index is 0.672. The van der Waals surface area contributed by atoms with Crippen LogP contribution in [0.2, 0.25) is 0 Å². The fourth-order valence-corrected chi connectivity index (χ4v) is 3.14. The van der Waals surface area contributed by atoms with Crippen molar-refractivity contribution >= 4 is 5.78 Å². The van der Waals surface area contributed by atoms with Crippen LogP contribution in [0, 0.1) is 0 Å². The van der Waals surface area contributed by atoms with Gasteiger partial charge in [-0.3, -0.25) is 9.30 Å². The van der Waals surface area contributed by atoms with Crippen LogP contribution in [0.15, 0.2) is 24.7 Å². The summed E-state index contributed by atoms with van der Waals surface area (Å²) in [6.45, 7) is 3.29. The molecule has 2 aliphatic rings. The van der Waals surface area contributed by atoms with Crippen LogP contribution < -0.4 is 5.32 Å². The summed E-state index contributed by atoms with van der Waals surface area (Å²) in [6, 6.07) is 3.39. The molecular formula is C15H21N5. The molecule has 5 heteroatoms. The summed E-state index contributed by atoms with van der Waals surface area (Å²) in [7, 11) is 0. The van der Waals surface area contributed by atoms with Crippen LogP contribution in [-0.4, -0.2) is 44.4 Å². The average molecular weight is 271 g/mol. The van der Waals surface area contributed by atoms with E-state index in [0.717, 1.165) is 30.6 Å². The van der Waals surface area contributed by atoms with Gasteiger partial charge in [0.25, 0.3) is 0 Å². The molecule has 1 unspecified atom stereocenters. The summed E-state index contributed by atoms with van der Waals surface area (Å²) in [5, 5.41) is 3.60. The molecule has 1 atom stereocenters. The molecule has 106 valence electrons. The molecule has 4 rings (SSSR count). The Hall–Kier alpha value is -1.46. The first kappa shape index (κ1) is 12.3. The van der Waals surface area contributed by atoms with E-state index in [2.05, 4.69) is 26.4 Å². The molecule has 2 aromatic heterocycles. The van der Waals surface area contributed by atoms with E-state index < -0.39 is 0 Å². The highest BCUT2D eigenvalue weighted by Crippen LogP contribution is 2.29. The number of rotatable bonds is 5. The van der Waals surface area contributed by atoms with Crippen LogP contribution >= 0.6 is 0 Å². The Labute approximate surface area is 119 Å². The molecule has 1 N–H and O–H groups in total. The number of hydrogen-bond acceptors (Lipinski definition) is 4.